The zero-order valence-corrected chi connectivity index (χ0v) is 9.84. The van der Waals surface area contributed by atoms with Crippen LogP contribution in [0.4, 0.5) is 11.4 Å². The van der Waals surface area contributed by atoms with Gasteiger partial charge >= 0.3 is 0 Å². The zero-order chi connectivity index (χ0) is 11.6. The Bertz CT molecular complexity index is 397. The second-order valence-corrected chi connectivity index (χ2v) is 4.34. The maximum absolute atomic E-state index is 12.2. The lowest BCUT2D eigenvalue weighted by atomic mass is 9.81. The molecule has 1 amide bonds. The van der Waals surface area contributed by atoms with Crippen LogP contribution in [0.5, 0.6) is 0 Å². The molecule has 1 aliphatic rings. The lowest BCUT2D eigenvalue weighted by Crippen LogP contribution is -2.39. The molecule has 2 rings (SSSR count). The van der Waals surface area contributed by atoms with Crippen molar-refractivity contribution in [2.24, 2.45) is 5.41 Å². The number of rotatable bonds is 2. The van der Waals surface area contributed by atoms with Crippen LogP contribution in [0.15, 0.2) is 24.3 Å². The molecule has 86 valence electrons. The number of hydrogen-bond donors (Lipinski definition) is 2. The van der Waals surface area contributed by atoms with Gasteiger partial charge < -0.3 is 10.6 Å². The number of para-hydroxylation sites is 2. The Labute approximate surface area is 96.2 Å². The topological polar surface area (TPSA) is 41.1 Å². The van der Waals surface area contributed by atoms with Crippen LogP contribution in [0.25, 0.3) is 0 Å². The predicted molar refractivity (Wildman–Crippen MR) is 66.6 cm³/mol. The summed E-state index contributed by atoms with van der Waals surface area (Å²) in [6.07, 6.45) is 1.71. The van der Waals surface area contributed by atoms with Crippen LogP contribution in [0.2, 0.25) is 0 Å². The van der Waals surface area contributed by atoms with Crippen LogP contribution in [-0.4, -0.2) is 12.5 Å². The fraction of sp³-hybridized carbons (Fsp3) is 0.462. The van der Waals surface area contributed by atoms with Gasteiger partial charge in [-0.1, -0.05) is 26.0 Å². The molecule has 0 atom stereocenters. The van der Waals surface area contributed by atoms with Crippen LogP contribution in [0.3, 0.4) is 0 Å². The average molecular weight is 218 g/mol. The molecule has 2 N–H and O–H groups in total. The van der Waals surface area contributed by atoms with Gasteiger partial charge in [0.1, 0.15) is 0 Å². The fourth-order valence-corrected chi connectivity index (χ4v) is 2.17. The van der Waals surface area contributed by atoms with Gasteiger partial charge in [0.2, 0.25) is 5.91 Å². The maximum Gasteiger partial charge on any atom is 0.232 e. The van der Waals surface area contributed by atoms with Crippen LogP contribution in [0, 0.1) is 5.41 Å². The molecule has 0 bridgehead atoms. The molecule has 0 fully saturated rings. The Kier molecular flexibility index (Phi) is 2.86. The van der Waals surface area contributed by atoms with Crippen LogP contribution in [0.1, 0.15) is 26.7 Å². The van der Waals surface area contributed by atoms with Gasteiger partial charge in [-0.25, -0.2) is 0 Å². The van der Waals surface area contributed by atoms with Gasteiger partial charge in [0, 0.05) is 6.54 Å². The first-order chi connectivity index (χ1) is 7.72. The van der Waals surface area contributed by atoms with E-state index in [-0.39, 0.29) is 11.3 Å². The monoisotopic (exact) mass is 218 g/mol. The van der Waals surface area contributed by atoms with Gasteiger partial charge in [-0.15, -0.1) is 0 Å². The molecule has 1 aliphatic heterocycles. The standard InChI is InChI=1S/C13H18N2O/c1-3-13(4-2)9-14-10-7-5-6-8-11(10)15-12(13)16/h5-8,14H,3-4,9H2,1-2H3,(H,15,16). The normalized spacial score (nSPS) is 18.0. The summed E-state index contributed by atoms with van der Waals surface area (Å²) in [5.74, 6) is 0.134. The fourth-order valence-electron chi connectivity index (χ4n) is 2.17. The molecule has 1 heterocycles. The van der Waals surface area contributed by atoms with Gasteiger partial charge in [0.05, 0.1) is 16.8 Å². The number of amides is 1. The van der Waals surface area contributed by atoms with Gasteiger partial charge in [-0.2, -0.15) is 0 Å². The summed E-state index contributed by atoms with van der Waals surface area (Å²) >= 11 is 0. The third kappa shape index (κ3) is 1.66. The molecule has 0 aromatic heterocycles. The first-order valence-electron chi connectivity index (χ1n) is 5.86. The number of hydrogen-bond acceptors (Lipinski definition) is 2. The van der Waals surface area contributed by atoms with Crippen molar-refractivity contribution >= 4 is 17.3 Å². The van der Waals surface area contributed by atoms with E-state index in [1.165, 1.54) is 0 Å². The molecule has 0 radical (unpaired) electrons. The van der Waals surface area contributed by atoms with Crippen molar-refractivity contribution < 1.29 is 4.79 Å². The highest BCUT2D eigenvalue weighted by molar-refractivity contribution is 5.99. The highest BCUT2D eigenvalue weighted by atomic mass is 16.2. The van der Waals surface area contributed by atoms with Gasteiger partial charge in [0.25, 0.3) is 0 Å². The number of benzene rings is 1. The summed E-state index contributed by atoms with van der Waals surface area (Å²) in [6, 6.07) is 7.84. The molecule has 0 saturated heterocycles. The van der Waals surface area contributed by atoms with Crippen LogP contribution >= 0.6 is 0 Å². The highest BCUT2D eigenvalue weighted by Gasteiger charge is 2.36. The number of nitrogens with one attached hydrogen (secondary N) is 2. The number of carbonyl (C=O) groups is 1. The largest absolute Gasteiger partial charge is 0.382 e. The quantitative estimate of drug-likeness (QED) is 0.801. The molecule has 0 aliphatic carbocycles. The van der Waals surface area contributed by atoms with Crippen molar-refractivity contribution in [3.8, 4) is 0 Å². The lowest BCUT2D eigenvalue weighted by Gasteiger charge is -2.27. The van der Waals surface area contributed by atoms with E-state index in [4.69, 9.17) is 0 Å². The Hall–Kier alpha value is -1.51. The zero-order valence-electron chi connectivity index (χ0n) is 9.84. The Morgan fingerprint density at radius 2 is 1.81 bits per heavy atom. The molecule has 1 aromatic carbocycles. The summed E-state index contributed by atoms with van der Waals surface area (Å²) in [7, 11) is 0. The van der Waals surface area contributed by atoms with E-state index in [1.54, 1.807) is 0 Å². The van der Waals surface area contributed by atoms with E-state index < -0.39 is 0 Å². The Balaban J connectivity index is 2.35. The summed E-state index contributed by atoms with van der Waals surface area (Å²) in [6.45, 7) is 4.85. The maximum atomic E-state index is 12.2. The first kappa shape index (κ1) is 11.0. The molecule has 1 aromatic rings. The summed E-state index contributed by atoms with van der Waals surface area (Å²) in [5.41, 5.74) is 1.62. The van der Waals surface area contributed by atoms with Gasteiger partial charge in [-0.3, -0.25) is 4.79 Å². The van der Waals surface area contributed by atoms with Crippen molar-refractivity contribution in [3.63, 3.8) is 0 Å². The molecule has 0 spiro atoms. The molecular weight excluding hydrogens is 200 g/mol. The predicted octanol–water partition coefficient (Wildman–Crippen LogP) is 2.86. The van der Waals surface area contributed by atoms with E-state index in [0.717, 1.165) is 24.2 Å². The minimum Gasteiger partial charge on any atom is -0.382 e. The highest BCUT2D eigenvalue weighted by Crippen LogP contribution is 2.34. The third-order valence-corrected chi connectivity index (χ3v) is 3.63. The van der Waals surface area contributed by atoms with Crippen LogP contribution in [-0.2, 0) is 4.79 Å². The SMILES string of the molecule is CCC1(CC)CNc2ccccc2NC1=O. The number of carbonyl (C=O) groups excluding carboxylic acids is 1. The van der Waals surface area contributed by atoms with E-state index >= 15 is 0 Å². The summed E-state index contributed by atoms with van der Waals surface area (Å²) < 4.78 is 0. The lowest BCUT2D eigenvalue weighted by molar-refractivity contribution is -0.125. The summed E-state index contributed by atoms with van der Waals surface area (Å²) in [4.78, 5) is 12.2. The molecular formula is C13H18N2O. The van der Waals surface area contributed by atoms with Crippen molar-refractivity contribution in [1.82, 2.24) is 0 Å². The molecule has 3 nitrogen and oxygen atoms in total. The van der Waals surface area contributed by atoms with Crippen molar-refractivity contribution in [1.29, 1.82) is 0 Å². The van der Waals surface area contributed by atoms with Gasteiger partial charge in [0.15, 0.2) is 0 Å². The van der Waals surface area contributed by atoms with E-state index in [2.05, 4.69) is 24.5 Å². The average Bonchev–Trinajstić information content (AvgIpc) is 2.46. The second kappa shape index (κ2) is 4.16. The van der Waals surface area contributed by atoms with Gasteiger partial charge in [-0.05, 0) is 25.0 Å². The van der Waals surface area contributed by atoms with Crippen LogP contribution < -0.4 is 10.6 Å². The number of anilines is 2. The van der Waals surface area contributed by atoms with E-state index in [9.17, 15) is 4.79 Å². The van der Waals surface area contributed by atoms with Crippen molar-refractivity contribution in [3.05, 3.63) is 24.3 Å². The molecule has 16 heavy (non-hydrogen) atoms. The van der Waals surface area contributed by atoms with Crippen molar-refractivity contribution in [2.75, 3.05) is 17.2 Å². The van der Waals surface area contributed by atoms with E-state index in [1.807, 2.05) is 24.3 Å². The first-order valence-corrected chi connectivity index (χ1v) is 5.86. The molecule has 3 heteroatoms. The van der Waals surface area contributed by atoms with Crippen molar-refractivity contribution in [2.45, 2.75) is 26.7 Å². The Morgan fingerprint density at radius 3 is 2.44 bits per heavy atom. The third-order valence-electron chi connectivity index (χ3n) is 3.63. The minimum absolute atomic E-state index is 0.134. The Morgan fingerprint density at radius 1 is 1.19 bits per heavy atom. The molecule has 0 saturated carbocycles. The molecule has 0 unspecified atom stereocenters. The van der Waals surface area contributed by atoms with E-state index in [0.29, 0.717) is 6.54 Å². The number of fused-ring (bicyclic) bond motifs is 1. The minimum atomic E-state index is -0.279. The second-order valence-electron chi connectivity index (χ2n) is 4.34. The summed E-state index contributed by atoms with van der Waals surface area (Å²) in [5, 5.41) is 6.38. The smallest absolute Gasteiger partial charge is 0.232 e.